The van der Waals surface area contributed by atoms with Crippen molar-refractivity contribution in [2.45, 2.75) is 13.3 Å². The highest BCUT2D eigenvalue weighted by atomic mass is 35.5. The Morgan fingerprint density at radius 1 is 1.42 bits per heavy atom. The van der Waals surface area contributed by atoms with Crippen LogP contribution in [0.4, 0.5) is 11.5 Å². The SMILES string of the molecule is Cc1cc(NC(=O)COC(=O)[C@H]2CC(=O)N(c3ccccc3Cl)C2)no1. The zero-order valence-electron chi connectivity index (χ0n) is 13.9. The fraction of sp³-hybridized carbons (Fsp3) is 0.294. The third-order valence-corrected chi connectivity index (χ3v) is 4.16. The Kier molecular flexibility index (Phi) is 5.22. The monoisotopic (exact) mass is 377 g/mol. The average molecular weight is 378 g/mol. The summed E-state index contributed by atoms with van der Waals surface area (Å²) >= 11 is 6.10. The predicted octanol–water partition coefficient (Wildman–Crippen LogP) is 2.17. The normalized spacial score (nSPS) is 16.6. The van der Waals surface area contributed by atoms with Crippen molar-refractivity contribution in [3.8, 4) is 0 Å². The Morgan fingerprint density at radius 3 is 2.88 bits per heavy atom. The van der Waals surface area contributed by atoms with Gasteiger partial charge >= 0.3 is 5.97 Å². The van der Waals surface area contributed by atoms with Gasteiger partial charge in [-0.3, -0.25) is 14.4 Å². The second kappa shape index (κ2) is 7.57. The van der Waals surface area contributed by atoms with E-state index in [-0.39, 0.29) is 24.7 Å². The Hall–Kier alpha value is -2.87. The molecule has 2 amide bonds. The Balaban J connectivity index is 1.53. The third kappa shape index (κ3) is 4.02. The number of ether oxygens (including phenoxy) is 1. The van der Waals surface area contributed by atoms with Crippen LogP contribution in [0.1, 0.15) is 12.2 Å². The number of carbonyl (C=O) groups is 3. The molecule has 0 unspecified atom stereocenters. The van der Waals surface area contributed by atoms with Crippen LogP contribution in [-0.4, -0.2) is 36.1 Å². The highest BCUT2D eigenvalue weighted by Crippen LogP contribution is 2.31. The summed E-state index contributed by atoms with van der Waals surface area (Å²) in [4.78, 5) is 37.6. The van der Waals surface area contributed by atoms with Crippen molar-refractivity contribution in [1.29, 1.82) is 0 Å². The lowest BCUT2D eigenvalue weighted by Crippen LogP contribution is -2.28. The topological polar surface area (TPSA) is 102 Å². The molecule has 136 valence electrons. The molecule has 3 rings (SSSR count). The average Bonchev–Trinajstić information content (AvgIpc) is 3.19. The van der Waals surface area contributed by atoms with E-state index in [1.807, 2.05) is 0 Å². The van der Waals surface area contributed by atoms with E-state index in [1.54, 1.807) is 31.2 Å². The lowest BCUT2D eigenvalue weighted by molar-refractivity contribution is -0.151. The number of nitrogens with one attached hydrogen (secondary N) is 1. The molecule has 8 nitrogen and oxygen atoms in total. The van der Waals surface area contributed by atoms with Crippen LogP contribution in [0, 0.1) is 12.8 Å². The molecule has 2 heterocycles. The minimum atomic E-state index is -0.652. The Morgan fingerprint density at radius 2 is 2.19 bits per heavy atom. The van der Waals surface area contributed by atoms with Gasteiger partial charge in [0.2, 0.25) is 5.91 Å². The van der Waals surface area contributed by atoms with Crippen molar-refractivity contribution >= 4 is 40.9 Å². The van der Waals surface area contributed by atoms with E-state index < -0.39 is 24.4 Å². The first-order valence-electron chi connectivity index (χ1n) is 7.88. The Labute approximate surface area is 154 Å². The molecule has 0 aliphatic carbocycles. The number of amides is 2. The van der Waals surface area contributed by atoms with Crippen LogP contribution in [0.25, 0.3) is 0 Å². The Bertz CT molecular complexity index is 850. The molecule has 1 fully saturated rings. The van der Waals surface area contributed by atoms with Gasteiger partial charge in [0.25, 0.3) is 5.91 Å². The van der Waals surface area contributed by atoms with Gasteiger partial charge in [-0.25, -0.2) is 0 Å². The second-order valence-corrected chi connectivity index (χ2v) is 6.24. The van der Waals surface area contributed by atoms with Crippen molar-refractivity contribution in [1.82, 2.24) is 5.16 Å². The fourth-order valence-electron chi connectivity index (χ4n) is 2.63. The standard InChI is InChI=1S/C17H16ClN3O5/c1-10-6-14(20-26-10)19-15(22)9-25-17(24)11-7-16(23)21(8-11)13-5-3-2-4-12(13)18/h2-6,11H,7-9H2,1H3,(H,19,20,22)/t11-/m0/s1. The molecule has 1 aromatic carbocycles. The fourth-order valence-corrected chi connectivity index (χ4v) is 2.87. The number of benzene rings is 1. The van der Waals surface area contributed by atoms with E-state index in [9.17, 15) is 14.4 Å². The van der Waals surface area contributed by atoms with E-state index >= 15 is 0 Å². The first kappa shape index (κ1) is 17.9. The molecule has 1 aromatic heterocycles. The van der Waals surface area contributed by atoms with Crippen LogP contribution in [0.2, 0.25) is 5.02 Å². The van der Waals surface area contributed by atoms with Crippen LogP contribution in [0.3, 0.4) is 0 Å². The van der Waals surface area contributed by atoms with Crippen LogP contribution in [-0.2, 0) is 19.1 Å². The molecule has 1 N–H and O–H groups in total. The van der Waals surface area contributed by atoms with Gasteiger partial charge in [0, 0.05) is 19.0 Å². The number of rotatable bonds is 5. The van der Waals surface area contributed by atoms with Crippen molar-refractivity contribution in [2.75, 3.05) is 23.4 Å². The second-order valence-electron chi connectivity index (χ2n) is 5.84. The molecular weight excluding hydrogens is 362 g/mol. The number of esters is 1. The molecule has 1 atom stereocenters. The minimum absolute atomic E-state index is 0.00809. The molecular formula is C17H16ClN3O5. The van der Waals surface area contributed by atoms with E-state index in [0.29, 0.717) is 16.5 Å². The summed E-state index contributed by atoms with van der Waals surface area (Å²) in [6.45, 7) is 1.37. The quantitative estimate of drug-likeness (QED) is 0.801. The first-order valence-corrected chi connectivity index (χ1v) is 8.26. The number of halogens is 1. The van der Waals surface area contributed by atoms with Gasteiger partial charge in [0.1, 0.15) is 5.76 Å². The number of anilines is 2. The van der Waals surface area contributed by atoms with E-state index in [4.69, 9.17) is 20.9 Å². The third-order valence-electron chi connectivity index (χ3n) is 3.84. The molecule has 0 bridgehead atoms. The van der Waals surface area contributed by atoms with Crippen LogP contribution >= 0.6 is 11.6 Å². The summed E-state index contributed by atoms with van der Waals surface area (Å²) in [6, 6.07) is 8.44. The largest absolute Gasteiger partial charge is 0.455 e. The zero-order valence-corrected chi connectivity index (χ0v) is 14.7. The molecule has 0 spiro atoms. The lowest BCUT2D eigenvalue weighted by atomic mass is 10.1. The number of aryl methyl sites for hydroxylation is 1. The molecule has 1 aliphatic heterocycles. The maximum Gasteiger partial charge on any atom is 0.311 e. The highest BCUT2D eigenvalue weighted by Gasteiger charge is 2.37. The number of para-hydroxylation sites is 1. The van der Waals surface area contributed by atoms with Crippen molar-refractivity contribution < 1.29 is 23.6 Å². The first-order chi connectivity index (χ1) is 12.4. The highest BCUT2D eigenvalue weighted by molar-refractivity contribution is 6.33. The van der Waals surface area contributed by atoms with Gasteiger partial charge in [0.05, 0.1) is 16.6 Å². The molecule has 0 radical (unpaired) electrons. The summed E-state index contributed by atoms with van der Waals surface area (Å²) in [7, 11) is 0. The number of nitrogens with zero attached hydrogens (tertiary/aromatic N) is 2. The van der Waals surface area contributed by atoms with E-state index in [1.165, 1.54) is 11.0 Å². The summed E-state index contributed by atoms with van der Waals surface area (Å²) in [6.07, 6.45) is 0.00809. The predicted molar refractivity (Wildman–Crippen MR) is 92.7 cm³/mol. The van der Waals surface area contributed by atoms with Crippen LogP contribution in [0.5, 0.6) is 0 Å². The molecule has 1 saturated heterocycles. The van der Waals surface area contributed by atoms with Crippen molar-refractivity contribution in [2.24, 2.45) is 5.92 Å². The molecule has 9 heteroatoms. The lowest BCUT2D eigenvalue weighted by Gasteiger charge is -2.17. The number of hydrogen-bond donors (Lipinski definition) is 1. The number of hydrogen-bond acceptors (Lipinski definition) is 6. The smallest absolute Gasteiger partial charge is 0.311 e. The maximum atomic E-state index is 12.2. The molecule has 1 aliphatic rings. The van der Waals surface area contributed by atoms with Gasteiger partial charge in [-0.1, -0.05) is 28.9 Å². The summed E-state index contributed by atoms with van der Waals surface area (Å²) in [5.74, 6) is -1.24. The van der Waals surface area contributed by atoms with Gasteiger partial charge < -0.3 is 19.5 Å². The van der Waals surface area contributed by atoms with E-state index in [0.717, 1.165) is 0 Å². The van der Waals surface area contributed by atoms with Gasteiger partial charge in [0.15, 0.2) is 12.4 Å². The van der Waals surface area contributed by atoms with Gasteiger partial charge in [-0.2, -0.15) is 0 Å². The molecule has 2 aromatic rings. The summed E-state index contributed by atoms with van der Waals surface area (Å²) < 4.78 is 9.83. The van der Waals surface area contributed by atoms with E-state index in [2.05, 4.69) is 10.5 Å². The van der Waals surface area contributed by atoms with Gasteiger partial charge in [-0.05, 0) is 19.1 Å². The number of aromatic nitrogens is 1. The van der Waals surface area contributed by atoms with Crippen molar-refractivity contribution in [3.05, 3.63) is 41.1 Å². The number of carbonyl (C=O) groups excluding carboxylic acids is 3. The minimum Gasteiger partial charge on any atom is -0.455 e. The molecule has 26 heavy (non-hydrogen) atoms. The van der Waals surface area contributed by atoms with Crippen LogP contribution < -0.4 is 10.2 Å². The van der Waals surface area contributed by atoms with Crippen LogP contribution in [0.15, 0.2) is 34.9 Å². The van der Waals surface area contributed by atoms with Gasteiger partial charge in [-0.15, -0.1) is 0 Å². The molecule has 0 saturated carbocycles. The summed E-state index contributed by atoms with van der Waals surface area (Å²) in [5.41, 5.74) is 0.550. The maximum absolute atomic E-state index is 12.2. The summed E-state index contributed by atoms with van der Waals surface area (Å²) in [5, 5.41) is 6.48. The zero-order chi connectivity index (χ0) is 18.7. The van der Waals surface area contributed by atoms with Crippen molar-refractivity contribution in [3.63, 3.8) is 0 Å².